The average molecular weight is 313 g/mol. The first kappa shape index (κ1) is 16.7. The Morgan fingerprint density at radius 2 is 1.91 bits per heavy atom. The van der Waals surface area contributed by atoms with Gasteiger partial charge in [-0.3, -0.25) is 4.79 Å². The minimum absolute atomic E-state index is 0.0375. The van der Waals surface area contributed by atoms with Crippen LogP contribution in [0, 0.1) is 5.41 Å². The molecule has 4 nitrogen and oxygen atoms in total. The van der Waals surface area contributed by atoms with E-state index in [2.05, 4.69) is 11.7 Å². The molecule has 1 aliphatic rings. The van der Waals surface area contributed by atoms with E-state index >= 15 is 0 Å². The number of aliphatic hydroxyl groups is 1. The molecule has 1 heterocycles. The molecule has 0 bridgehead atoms. The molecule has 0 radical (unpaired) electrons. The fraction of sp³-hybridized carbons (Fsp3) is 0.562. The highest BCUT2D eigenvalue weighted by Crippen LogP contribution is 2.34. The van der Waals surface area contributed by atoms with Crippen molar-refractivity contribution in [3.05, 3.63) is 29.8 Å². The predicted octanol–water partition coefficient (Wildman–Crippen LogP) is 2.91. The molecule has 1 aliphatic heterocycles. The highest BCUT2D eigenvalue weighted by atomic mass is 19.3. The minimum atomic E-state index is -2.87. The number of benzene rings is 1. The topological polar surface area (TPSA) is 49.8 Å². The van der Waals surface area contributed by atoms with Crippen LogP contribution in [0.5, 0.6) is 5.75 Å². The van der Waals surface area contributed by atoms with E-state index in [-0.39, 0.29) is 23.7 Å². The molecule has 0 unspecified atom stereocenters. The maximum Gasteiger partial charge on any atom is 0.387 e. The van der Waals surface area contributed by atoms with E-state index in [0.29, 0.717) is 18.7 Å². The Bertz CT molecular complexity index is 491. The van der Waals surface area contributed by atoms with Crippen molar-refractivity contribution in [2.45, 2.75) is 32.8 Å². The summed E-state index contributed by atoms with van der Waals surface area (Å²) in [5, 5.41) is 9.51. The molecule has 22 heavy (non-hydrogen) atoms. The van der Waals surface area contributed by atoms with Gasteiger partial charge in [0.25, 0.3) is 5.91 Å². The Balaban J connectivity index is 1.98. The molecule has 2 rings (SSSR count). The maximum absolute atomic E-state index is 12.4. The summed E-state index contributed by atoms with van der Waals surface area (Å²) >= 11 is 0. The van der Waals surface area contributed by atoms with Gasteiger partial charge in [0.2, 0.25) is 0 Å². The van der Waals surface area contributed by atoms with Crippen LogP contribution in [0.25, 0.3) is 0 Å². The molecule has 0 spiro atoms. The lowest BCUT2D eigenvalue weighted by atomic mass is 9.77. The number of hydrogen-bond acceptors (Lipinski definition) is 3. The first-order valence-corrected chi connectivity index (χ1v) is 7.45. The molecule has 0 aliphatic carbocycles. The van der Waals surface area contributed by atoms with Crippen LogP contribution in [0.2, 0.25) is 0 Å². The number of carbonyl (C=O) groups excluding carboxylic acids is 1. The van der Waals surface area contributed by atoms with Gasteiger partial charge in [0.05, 0.1) is 0 Å². The third-order valence-electron chi connectivity index (χ3n) is 4.52. The first-order chi connectivity index (χ1) is 10.5. The number of ether oxygens (including phenoxy) is 1. The van der Waals surface area contributed by atoms with Gasteiger partial charge in [-0.1, -0.05) is 6.92 Å². The van der Waals surface area contributed by atoms with Gasteiger partial charge in [-0.2, -0.15) is 8.78 Å². The number of hydrogen-bond donors (Lipinski definition) is 1. The Hall–Kier alpha value is -1.69. The summed E-state index contributed by atoms with van der Waals surface area (Å²) in [5.41, 5.74) is 0.376. The summed E-state index contributed by atoms with van der Waals surface area (Å²) in [6.45, 7) is 0.523. The summed E-state index contributed by atoms with van der Waals surface area (Å²) in [6.07, 6.45) is 2.45. The third kappa shape index (κ3) is 3.74. The van der Waals surface area contributed by atoms with Crippen LogP contribution in [0.1, 0.15) is 36.5 Å². The standard InChI is InChI=1S/C16H21F2NO3/c1-2-16(11-20)7-9-19(10-8-16)14(21)12-3-5-13(6-4-12)22-15(17)18/h3-6,15,20H,2,7-11H2,1H3. The Labute approximate surface area is 128 Å². The lowest BCUT2D eigenvalue weighted by Gasteiger charge is -2.40. The summed E-state index contributed by atoms with van der Waals surface area (Å²) in [7, 11) is 0. The normalized spacial score (nSPS) is 17.6. The number of piperidine rings is 1. The van der Waals surface area contributed by atoms with Gasteiger partial charge in [-0.05, 0) is 48.9 Å². The summed E-state index contributed by atoms with van der Waals surface area (Å²) < 4.78 is 28.4. The number of halogens is 2. The van der Waals surface area contributed by atoms with Gasteiger partial charge < -0.3 is 14.7 Å². The van der Waals surface area contributed by atoms with Gasteiger partial charge in [-0.15, -0.1) is 0 Å². The molecular weight excluding hydrogens is 292 g/mol. The van der Waals surface area contributed by atoms with E-state index < -0.39 is 6.61 Å². The van der Waals surface area contributed by atoms with Crippen molar-refractivity contribution >= 4 is 5.91 Å². The number of rotatable bonds is 5. The Kier molecular flexibility index (Phi) is 5.34. The molecule has 0 saturated carbocycles. The van der Waals surface area contributed by atoms with Gasteiger partial charge in [0.15, 0.2) is 0 Å². The van der Waals surface area contributed by atoms with Crippen molar-refractivity contribution in [3.8, 4) is 5.75 Å². The zero-order chi connectivity index (χ0) is 16.2. The second-order valence-electron chi connectivity index (χ2n) is 5.71. The van der Waals surface area contributed by atoms with Crippen LogP contribution in [-0.2, 0) is 0 Å². The number of carbonyl (C=O) groups is 1. The SMILES string of the molecule is CCC1(CO)CCN(C(=O)c2ccc(OC(F)F)cc2)CC1. The van der Waals surface area contributed by atoms with E-state index in [1.807, 2.05) is 0 Å². The summed E-state index contributed by atoms with van der Waals surface area (Å²) in [6, 6.07) is 5.72. The Morgan fingerprint density at radius 3 is 2.36 bits per heavy atom. The van der Waals surface area contributed by atoms with Crippen molar-refractivity contribution in [1.82, 2.24) is 4.90 Å². The second kappa shape index (κ2) is 7.05. The lowest BCUT2D eigenvalue weighted by molar-refractivity contribution is -0.0498. The monoisotopic (exact) mass is 313 g/mol. The van der Waals surface area contributed by atoms with Crippen LogP contribution in [0.4, 0.5) is 8.78 Å². The smallest absolute Gasteiger partial charge is 0.387 e. The first-order valence-electron chi connectivity index (χ1n) is 7.45. The van der Waals surface area contributed by atoms with Crippen LogP contribution in [0.15, 0.2) is 24.3 Å². The van der Waals surface area contributed by atoms with Crippen LogP contribution in [0.3, 0.4) is 0 Å². The molecule has 6 heteroatoms. The number of alkyl halides is 2. The number of nitrogens with zero attached hydrogens (tertiary/aromatic N) is 1. The third-order valence-corrected chi connectivity index (χ3v) is 4.52. The zero-order valence-corrected chi connectivity index (χ0v) is 12.6. The van der Waals surface area contributed by atoms with E-state index in [9.17, 15) is 18.7 Å². The molecular formula is C16H21F2NO3. The fourth-order valence-corrected chi connectivity index (χ4v) is 2.77. The Morgan fingerprint density at radius 1 is 1.32 bits per heavy atom. The summed E-state index contributed by atoms with van der Waals surface area (Å²) in [5.74, 6) is -0.0817. The van der Waals surface area contributed by atoms with Crippen molar-refractivity contribution in [3.63, 3.8) is 0 Å². The van der Waals surface area contributed by atoms with Crippen molar-refractivity contribution in [2.24, 2.45) is 5.41 Å². The largest absolute Gasteiger partial charge is 0.435 e. The quantitative estimate of drug-likeness (QED) is 0.909. The molecule has 122 valence electrons. The van der Waals surface area contributed by atoms with Crippen molar-refractivity contribution < 1.29 is 23.4 Å². The zero-order valence-electron chi connectivity index (χ0n) is 12.6. The minimum Gasteiger partial charge on any atom is -0.435 e. The van der Waals surface area contributed by atoms with Gasteiger partial charge in [-0.25, -0.2) is 0 Å². The van der Waals surface area contributed by atoms with E-state index in [1.54, 1.807) is 4.90 Å². The number of likely N-dealkylation sites (tertiary alicyclic amines) is 1. The highest BCUT2D eigenvalue weighted by molar-refractivity contribution is 5.94. The molecule has 1 aromatic rings. The number of aliphatic hydroxyl groups excluding tert-OH is 1. The molecule has 1 amide bonds. The van der Waals surface area contributed by atoms with E-state index in [4.69, 9.17) is 0 Å². The highest BCUT2D eigenvalue weighted by Gasteiger charge is 2.34. The van der Waals surface area contributed by atoms with Gasteiger partial charge >= 0.3 is 6.61 Å². The molecule has 1 N–H and O–H groups in total. The second-order valence-corrected chi connectivity index (χ2v) is 5.71. The predicted molar refractivity (Wildman–Crippen MR) is 78.0 cm³/mol. The van der Waals surface area contributed by atoms with Crippen LogP contribution < -0.4 is 4.74 Å². The van der Waals surface area contributed by atoms with E-state index in [1.165, 1.54) is 24.3 Å². The molecule has 1 aromatic carbocycles. The molecule has 0 atom stereocenters. The average Bonchev–Trinajstić information content (AvgIpc) is 2.54. The van der Waals surface area contributed by atoms with Gasteiger partial charge in [0, 0.05) is 25.3 Å². The maximum atomic E-state index is 12.4. The van der Waals surface area contributed by atoms with Crippen LogP contribution >= 0.6 is 0 Å². The summed E-state index contributed by atoms with van der Waals surface area (Å²) in [4.78, 5) is 14.1. The van der Waals surface area contributed by atoms with E-state index in [0.717, 1.165) is 19.3 Å². The molecule has 1 fully saturated rings. The molecule has 0 aromatic heterocycles. The van der Waals surface area contributed by atoms with Gasteiger partial charge in [0.1, 0.15) is 5.75 Å². The van der Waals surface area contributed by atoms with Crippen LogP contribution in [-0.4, -0.2) is 42.2 Å². The van der Waals surface area contributed by atoms with Crippen molar-refractivity contribution in [2.75, 3.05) is 19.7 Å². The van der Waals surface area contributed by atoms with Crippen molar-refractivity contribution in [1.29, 1.82) is 0 Å². The lowest BCUT2D eigenvalue weighted by Crippen LogP contribution is -2.44. The fourth-order valence-electron chi connectivity index (χ4n) is 2.77. The molecule has 1 saturated heterocycles. The number of amides is 1.